The Hall–Kier alpha value is -6.51. The smallest absolute Gasteiger partial charge is 0.145 e. The van der Waals surface area contributed by atoms with Gasteiger partial charge in [-0.2, -0.15) is 0 Å². The Kier molecular flexibility index (Phi) is 5.97. The number of benzene rings is 8. The topological polar surface area (TPSA) is 24.4 Å². The van der Waals surface area contributed by atoms with E-state index >= 15 is 0 Å². The van der Waals surface area contributed by atoms with Crippen LogP contribution in [0.4, 0.5) is 0 Å². The van der Waals surface area contributed by atoms with Crippen LogP contribution in [0.2, 0.25) is 0 Å². The summed E-state index contributed by atoms with van der Waals surface area (Å²) in [5, 5.41) is 9.13. The van der Waals surface area contributed by atoms with Crippen molar-refractivity contribution in [1.82, 2.24) is 5.32 Å². The van der Waals surface area contributed by atoms with Crippen molar-refractivity contribution in [2.45, 2.75) is 11.6 Å². The van der Waals surface area contributed by atoms with E-state index in [4.69, 9.17) is 4.99 Å². The van der Waals surface area contributed by atoms with Gasteiger partial charge >= 0.3 is 0 Å². The Morgan fingerprint density at radius 3 is 1.75 bits per heavy atom. The second-order valence-corrected chi connectivity index (χ2v) is 13.9. The lowest BCUT2D eigenvalue weighted by Gasteiger charge is -2.30. The Morgan fingerprint density at radius 1 is 0.431 bits per heavy atom. The molecule has 0 fully saturated rings. The fourth-order valence-corrected chi connectivity index (χ4v) is 9.07. The summed E-state index contributed by atoms with van der Waals surface area (Å²) in [4.78, 5) is 5.11. The van der Waals surface area contributed by atoms with Gasteiger partial charge in [0.05, 0.1) is 11.1 Å². The first-order valence-corrected chi connectivity index (χ1v) is 17.7. The van der Waals surface area contributed by atoms with Gasteiger partial charge < -0.3 is 5.32 Å². The van der Waals surface area contributed by atoms with E-state index in [0.717, 1.165) is 28.1 Å². The van der Waals surface area contributed by atoms with Crippen LogP contribution in [0.3, 0.4) is 0 Å². The molecule has 238 valence electrons. The minimum Gasteiger partial charge on any atom is -0.360 e. The molecule has 2 aliphatic carbocycles. The van der Waals surface area contributed by atoms with Crippen LogP contribution in [0.1, 0.15) is 45.1 Å². The van der Waals surface area contributed by atoms with Crippen LogP contribution < -0.4 is 5.32 Å². The molecule has 8 aromatic carbocycles. The predicted octanol–water partition coefficient (Wildman–Crippen LogP) is 11.5. The molecule has 0 radical (unpaired) electrons. The Balaban J connectivity index is 1.01. The molecule has 8 aromatic rings. The average Bonchev–Trinajstić information content (AvgIpc) is 3.68. The highest BCUT2D eigenvalue weighted by atomic mass is 15.1. The molecule has 11 rings (SSSR count). The van der Waals surface area contributed by atoms with Crippen molar-refractivity contribution in [3.63, 3.8) is 0 Å². The van der Waals surface area contributed by atoms with Crippen LogP contribution >= 0.6 is 0 Å². The first kappa shape index (κ1) is 28.3. The maximum absolute atomic E-state index is 5.11. The van der Waals surface area contributed by atoms with Gasteiger partial charge in [-0.05, 0) is 94.9 Å². The van der Waals surface area contributed by atoms with Crippen LogP contribution in [0.5, 0.6) is 0 Å². The highest BCUT2D eigenvalue weighted by molar-refractivity contribution is 6.17. The highest BCUT2D eigenvalue weighted by Gasteiger charge is 2.50. The van der Waals surface area contributed by atoms with Gasteiger partial charge in [-0.1, -0.05) is 170 Å². The minimum absolute atomic E-state index is 0.163. The SMILES string of the molecule is C1=C(c2ccc(-c3ccc4c(c3)-c3ccccc3C43c4cccc5ccc6cccc3c6c45)cc2)NC(c2ccccc2)N=C1c1ccccc1. The number of aliphatic imine (C=N–C) groups is 1. The summed E-state index contributed by atoms with van der Waals surface area (Å²) < 4.78 is 0. The van der Waals surface area contributed by atoms with Crippen LogP contribution in [0.15, 0.2) is 187 Å². The van der Waals surface area contributed by atoms with E-state index in [0.29, 0.717) is 0 Å². The van der Waals surface area contributed by atoms with Gasteiger partial charge in [-0.15, -0.1) is 0 Å². The van der Waals surface area contributed by atoms with E-state index in [9.17, 15) is 0 Å². The molecule has 2 heteroatoms. The van der Waals surface area contributed by atoms with Crippen molar-refractivity contribution in [3.8, 4) is 22.3 Å². The van der Waals surface area contributed by atoms with Crippen LogP contribution in [0.25, 0.3) is 49.5 Å². The lowest BCUT2D eigenvalue weighted by atomic mass is 9.70. The zero-order valence-corrected chi connectivity index (χ0v) is 27.8. The maximum atomic E-state index is 5.11. The fraction of sp³-hybridized carbons (Fsp3) is 0.0408. The van der Waals surface area contributed by atoms with E-state index in [1.54, 1.807) is 0 Å². The molecule has 1 N–H and O–H groups in total. The van der Waals surface area contributed by atoms with Crippen molar-refractivity contribution in [2.24, 2.45) is 4.99 Å². The van der Waals surface area contributed by atoms with Gasteiger partial charge in [0, 0.05) is 5.70 Å². The molecule has 0 amide bonds. The largest absolute Gasteiger partial charge is 0.360 e. The lowest BCUT2D eigenvalue weighted by molar-refractivity contribution is 0.664. The molecule has 1 heterocycles. The van der Waals surface area contributed by atoms with Gasteiger partial charge in [0.15, 0.2) is 0 Å². The number of hydrogen-bond acceptors (Lipinski definition) is 2. The first-order chi connectivity index (χ1) is 25.3. The predicted molar refractivity (Wildman–Crippen MR) is 211 cm³/mol. The van der Waals surface area contributed by atoms with E-state index in [1.165, 1.54) is 66.1 Å². The van der Waals surface area contributed by atoms with Gasteiger partial charge in [0.2, 0.25) is 0 Å². The number of nitrogens with zero attached hydrogens (tertiary/aromatic N) is 1. The third-order valence-electron chi connectivity index (χ3n) is 11.3. The third-order valence-corrected chi connectivity index (χ3v) is 11.3. The lowest BCUT2D eigenvalue weighted by Crippen LogP contribution is -2.26. The van der Waals surface area contributed by atoms with Crippen LogP contribution in [-0.2, 0) is 5.41 Å². The second kappa shape index (κ2) is 10.7. The molecule has 3 aliphatic rings. The maximum Gasteiger partial charge on any atom is 0.145 e. The molecular formula is C49H32N2. The number of rotatable bonds is 4. The van der Waals surface area contributed by atoms with E-state index in [2.05, 4.69) is 181 Å². The van der Waals surface area contributed by atoms with Crippen LogP contribution in [0, 0.1) is 0 Å². The van der Waals surface area contributed by atoms with Gasteiger partial charge in [-0.25, -0.2) is 0 Å². The summed E-state index contributed by atoms with van der Waals surface area (Å²) >= 11 is 0. The molecular weight excluding hydrogens is 617 g/mol. The van der Waals surface area contributed by atoms with E-state index in [-0.39, 0.29) is 11.6 Å². The van der Waals surface area contributed by atoms with Gasteiger partial charge in [0.25, 0.3) is 0 Å². The summed E-state index contributed by atoms with van der Waals surface area (Å²) in [5.41, 5.74) is 15.7. The van der Waals surface area contributed by atoms with Crippen molar-refractivity contribution >= 4 is 33.0 Å². The summed E-state index contributed by atoms with van der Waals surface area (Å²) in [5.74, 6) is 0. The minimum atomic E-state index is -0.330. The number of hydrogen-bond donors (Lipinski definition) is 1. The molecule has 0 aromatic heterocycles. The highest BCUT2D eigenvalue weighted by Crippen LogP contribution is 2.62. The van der Waals surface area contributed by atoms with E-state index < -0.39 is 0 Å². The molecule has 0 bridgehead atoms. The second-order valence-electron chi connectivity index (χ2n) is 13.9. The number of fused-ring (bicyclic) bond motifs is 7. The molecule has 1 atom stereocenters. The molecule has 0 saturated heterocycles. The average molecular weight is 649 g/mol. The zero-order chi connectivity index (χ0) is 33.5. The molecule has 2 nitrogen and oxygen atoms in total. The van der Waals surface area contributed by atoms with Gasteiger partial charge in [-0.3, -0.25) is 4.99 Å². The molecule has 1 spiro atoms. The summed E-state index contributed by atoms with van der Waals surface area (Å²) in [6.07, 6.45) is 2.01. The standard InChI is InChI=1S/C49H32N2/c1-3-11-32(12-4-1)44-30-45(51-48(50-44)36-13-5-2-6-14-36)33-23-21-31(22-24-33)37-27-28-41-39(29-37)38-17-7-8-18-40(38)49(41)42-19-9-15-34-25-26-35-16-10-20-43(49)47(35)46(34)42/h1-30,48,51H. The van der Waals surface area contributed by atoms with Crippen LogP contribution in [-0.4, -0.2) is 5.71 Å². The summed E-state index contributed by atoms with van der Waals surface area (Å²) in [6.45, 7) is 0. The van der Waals surface area contributed by atoms with Gasteiger partial charge in [0.1, 0.15) is 6.17 Å². The van der Waals surface area contributed by atoms with Crippen molar-refractivity contribution in [1.29, 1.82) is 0 Å². The number of allylic oxidation sites excluding steroid dienone is 1. The Bertz CT molecular complexity index is 2690. The summed E-state index contributed by atoms with van der Waals surface area (Å²) in [6, 6.07) is 64.4. The fourth-order valence-electron chi connectivity index (χ4n) is 9.07. The third kappa shape index (κ3) is 4.02. The van der Waals surface area contributed by atoms with Crippen molar-refractivity contribution in [3.05, 3.63) is 221 Å². The molecule has 51 heavy (non-hydrogen) atoms. The molecule has 1 aliphatic heterocycles. The zero-order valence-electron chi connectivity index (χ0n) is 27.8. The molecule has 1 unspecified atom stereocenters. The first-order valence-electron chi connectivity index (χ1n) is 17.7. The quantitative estimate of drug-likeness (QED) is 0.189. The Morgan fingerprint density at radius 2 is 1.02 bits per heavy atom. The monoisotopic (exact) mass is 648 g/mol. The molecule has 0 saturated carbocycles. The Labute approximate surface area is 297 Å². The normalized spacial score (nSPS) is 16.2. The summed E-state index contributed by atoms with van der Waals surface area (Å²) in [7, 11) is 0. The van der Waals surface area contributed by atoms with Crippen molar-refractivity contribution in [2.75, 3.05) is 0 Å². The van der Waals surface area contributed by atoms with E-state index in [1.807, 2.05) is 6.07 Å². The van der Waals surface area contributed by atoms with Crippen molar-refractivity contribution < 1.29 is 0 Å². The number of nitrogens with one attached hydrogen (secondary N) is 1.